The standard InChI is InChI=1S/C18H38N4O2/c1-4-19-18(21-9-14-23-13-7-17(2)3)20-8-5-6-10-22-11-15-24-16-12-22/h17H,4-16H2,1-3H3,(H2,19,20,21). The van der Waals surface area contributed by atoms with Crippen molar-refractivity contribution in [1.82, 2.24) is 15.5 Å². The Kier molecular flexibility index (Phi) is 12.8. The van der Waals surface area contributed by atoms with Gasteiger partial charge in [0.15, 0.2) is 5.96 Å². The Morgan fingerprint density at radius 2 is 1.96 bits per heavy atom. The fourth-order valence-corrected chi connectivity index (χ4v) is 2.47. The van der Waals surface area contributed by atoms with Gasteiger partial charge >= 0.3 is 0 Å². The van der Waals surface area contributed by atoms with Crippen LogP contribution in [0.25, 0.3) is 0 Å². The summed E-state index contributed by atoms with van der Waals surface area (Å²) in [6.45, 7) is 15.7. The molecule has 0 bridgehead atoms. The molecule has 1 heterocycles. The molecule has 142 valence electrons. The number of unbranched alkanes of at least 4 members (excludes halogenated alkanes) is 1. The molecular formula is C18H38N4O2. The molecule has 0 spiro atoms. The zero-order valence-electron chi connectivity index (χ0n) is 16.0. The molecule has 2 N–H and O–H groups in total. The molecule has 24 heavy (non-hydrogen) atoms. The summed E-state index contributed by atoms with van der Waals surface area (Å²) in [4.78, 5) is 7.12. The van der Waals surface area contributed by atoms with Crippen LogP contribution in [0.3, 0.4) is 0 Å². The Morgan fingerprint density at radius 1 is 1.17 bits per heavy atom. The van der Waals surface area contributed by atoms with E-state index in [0.717, 1.165) is 84.5 Å². The highest BCUT2D eigenvalue weighted by molar-refractivity contribution is 5.79. The first-order chi connectivity index (χ1) is 11.7. The van der Waals surface area contributed by atoms with E-state index < -0.39 is 0 Å². The first-order valence-corrected chi connectivity index (χ1v) is 9.62. The molecule has 0 aliphatic carbocycles. The molecule has 1 aliphatic heterocycles. The molecule has 6 nitrogen and oxygen atoms in total. The number of nitrogens with zero attached hydrogens (tertiary/aromatic N) is 2. The summed E-state index contributed by atoms with van der Waals surface area (Å²) in [5, 5.41) is 6.62. The highest BCUT2D eigenvalue weighted by Crippen LogP contribution is 2.00. The minimum atomic E-state index is 0.703. The molecule has 0 amide bonds. The number of guanidine groups is 1. The van der Waals surface area contributed by atoms with Crippen LogP contribution in [0.2, 0.25) is 0 Å². The molecular weight excluding hydrogens is 304 g/mol. The largest absolute Gasteiger partial charge is 0.380 e. The Labute approximate surface area is 148 Å². The predicted octanol–water partition coefficient (Wildman–Crippen LogP) is 1.72. The van der Waals surface area contributed by atoms with E-state index in [1.165, 1.54) is 6.42 Å². The Bertz CT molecular complexity index is 318. The lowest BCUT2D eigenvalue weighted by molar-refractivity contribution is 0.0373. The van der Waals surface area contributed by atoms with Gasteiger partial charge in [0.25, 0.3) is 0 Å². The highest BCUT2D eigenvalue weighted by atomic mass is 16.5. The second-order valence-corrected chi connectivity index (χ2v) is 6.64. The van der Waals surface area contributed by atoms with Gasteiger partial charge in [0, 0.05) is 39.3 Å². The Hall–Kier alpha value is -0.850. The third kappa shape index (κ3) is 11.6. The van der Waals surface area contributed by atoms with Crippen LogP contribution in [-0.2, 0) is 9.47 Å². The summed E-state index contributed by atoms with van der Waals surface area (Å²) >= 11 is 0. The maximum Gasteiger partial charge on any atom is 0.191 e. The van der Waals surface area contributed by atoms with E-state index in [4.69, 9.17) is 9.47 Å². The molecule has 0 unspecified atom stereocenters. The average Bonchev–Trinajstić information content (AvgIpc) is 2.58. The molecule has 1 aliphatic rings. The molecule has 0 aromatic heterocycles. The molecule has 0 atom stereocenters. The van der Waals surface area contributed by atoms with E-state index in [2.05, 4.69) is 41.3 Å². The Balaban J connectivity index is 2.05. The molecule has 1 saturated heterocycles. The fraction of sp³-hybridized carbons (Fsp3) is 0.944. The van der Waals surface area contributed by atoms with Crippen molar-refractivity contribution >= 4 is 5.96 Å². The van der Waals surface area contributed by atoms with Crippen LogP contribution in [0.4, 0.5) is 0 Å². The summed E-state index contributed by atoms with van der Waals surface area (Å²) in [5.74, 6) is 1.60. The number of hydrogen-bond acceptors (Lipinski definition) is 4. The van der Waals surface area contributed by atoms with Crippen molar-refractivity contribution in [2.45, 2.75) is 40.0 Å². The van der Waals surface area contributed by atoms with E-state index in [9.17, 15) is 0 Å². The van der Waals surface area contributed by atoms with Crippen LogP contribution in [0.5, 0.6) is 0 Å². The van der Waals surface area contributed by atoms with Gasteiger partial charge in [-0.1, -0.05) is 13.8 Å². The van der Waals surface area contributed by atoms with E-state index in [-0.39, 0.29) is 0 Å². The van der Waals surface area contributed by atoms with Crippen LogP contribution < -0.4 is 10.6 Å². The number of hydrogen-bond donors (Lipinski definition) is 2. The minimum absolute atomic E-state index is 0.703. The summed E-state index contributed by atoms with van der Waals surface area (Å²) in [6, 6.07) is 0. The molecule has 0 radical (unpaired) electrons. The summed E-state index contributed by atoms with van der Waals surface area (Å²) in [6.07, 6.45) is 3.44. The predicted molar refractivity (Wildman–Crippen MR) is 101 cm³/mol. The summed E-state index contributed by atoms with van der Waals surface area (Å²) in [7, 11) is 0. The third-order valence-electron chi connectivity index (χ3n) is 3.98. The van der Waals surface area contributed by atoms with Crippen molar-refractivity contribution in [3.05, 3.63) is 0 Å². The van der Waals surface area contributed by atoms with Crippen molar-refractivity contribution < 1.29 is 9.47 Å². The van der Waals surface area contributed by atoms with Gasteiger partial charge in [0.05, 0.1) is 19.8 Å². The second kappa shape index (κ2) is 14.5. The van der Waals surface area contributed by atoms with E-state index >= 15 is 0 Å². The van der Waals surface area contributed by atoms with Crippen LogP contribution in [0, 0.1) is 5.92 Å². The van der Waals surface area contributed by atoms with E-state index in [0.29, 0.717) is 5.92 Å². The average molecular weight is 343 g/mol. The van der Waals surface area contributed by atoms with Gasteiger partial charge in [-0.05, 0) is 38.6 Å². The molecule has 6 heteroatoms. The number of morpholine rings is 1. The normalized spacial score (nSPS) is 16.6. The van der Waals surface area contributed by atoms with E-state index in [1.54, 1.807) is 0 Å². The maximum atomic E-state index is 5.62. The summed E-state index contributed by atoms with van der Waals surface area (Å²) in [5.41, 5.74) is 0. The number of nitrogens with one attached hydrogen (secondary N) is 2. The topological polar surface area (TPSA) is 58.1 Å². The highest BCUT2D eigenvalue weighted by Gasteiger charge is 2.08. The smallest absolute Gasteiger partial charge is 0.191 e. The fourth-order valence-electron chi connectivity index (χ4n) is 2.47. The van der Waals surface area contributed by atoms with Crippen molar-refractivity contribution in [1.29, 1.82) is 0 Å². The molecule has 0 aromatic carbocycles. The van der Waals surface area contributed by atoms with Crippen LogP contribution in [-0.4, -0.2) is 76.6 Å². The van der Waals surface area contributed by atoms with Gasteiger partial charge in [-0.25, -0.2) is 0 Å². The first-order valence-electron chi connectivity index (χ1n) is 9.62. The lowest BCUT2D eigenvalue weighted by atomic mass is 10.1. The van der Waals surface area contributed by atoms with Gasteiger partial charge in [0.1, 0.15) is 0 Å². The van der Waals surface area contributed by atoms with Gasteiger partial charge in [-0.2, -0.15) is 0 Å². The monoisotopic (exact) mass is 342 g/mol. The van der Waals surface area contributed by atoms with Gasteiger partial charge in [-0.15, -0.1) is 0 Å². The van der Waals surface area contributed by atoms with Crippen molar-refractivity contribution in [3.63, 3.8) is 0 Å². The van der Waals surface area contributed by atoms with Gasteiger partial charge in [-0.3, -0.25) is 9.89 Å². The zero-order valence-corrected chi connectivity index (χ0v) is 16.0. The van der Waals surface area contributed by atoms with Gasteiger partial charge < -0.3 is 20.1 Å². The van der Waals surface area contributed by atoms with Crippen LogP contribution >= 0.6 is 0 Å². The second-order valence-electron chi connectivity index (χ2n) is 6.64. The number of rotatable bonds is 12. The zero-order chi connectivity index (χ0) is 17.5. The molecule has 1 rings (SSSR count). The minimum Gasteiger partial charge on any atom is -0.380 e. The lowest BCUT2D eigenvalue weighted by Crippen LogP contribution is -2.39. The summed E-state index contributed by atoms with van der Waals surface area (Å²) < 4.78 is 11.0. The van der Waals surface area contributed by atoms with Gasteiger partial charge in [0.2, 0.25) is 0 Å². The van der Waals surface area contributed by atoms with Crippen molar-refractivity contribution in [2.75, 3.05) is 65.7 Å². The molecule has 0 aromatic rings. The first kappa shape index (κ1) is 21.2. The molecule has 1 fully saturated rings. The third-order valence-corrected chi connectivity index (χ3v) is 3.98. The van der Waals surface area contributed by atoms with E-state index in [1.807, 2.05) is 0 Å². The SMILES string of the molecule is CCNC(=NCCCCN1CCOCC1)NCCOCCC(C)C. The number of ether oxygens (including phenoxy) is 2. The quantitative estimate of drug-likeness (QED) is 0.321. The van der Waals surface area contributed by atoms with Crippen LogP contribution in [0.1, 0.15) is 40.0 Å². The van der Waals surface area contributed by atoms with Crippen LogP contribution in [0.15, 0.2) is 4.99 Å². The maximum absolute atomic E-state index is 5.62. The van der Waals surface area contributed by atoms with Crippen molar-refractivity contribution in [3.8, 4) is 0 Å². The molecule has 0 saturated carbocycles. The Morgan fingerprint density at radius 3 is 2.67 bits per heavy atom. The number of aliphatic imine (C=N–C) groups is 1. The lowest BCUT2D eigenvalue weighted by Gasteiger charge is -2.26. The van der Waals surface area contributed by atoms with Crippen molar-refractivity contribution in [2.24, 2.45) is 10.9 Å².